The largest absolute Gasteiger partial charge is 0.496 e. The highest BCUT2D eigenvalue weighted by molar-refractivity contribution is 7.15. The Morgan fingerprint density at radius 2 is 1.90 bits per heavy atom. The molecule has 4 aromatic rings. The van der Waals surface area contributed by atoms with Gasteiger partial charge >= 0.3 is 0 Å². The summed E-state index contributed by atoms with van der Waals surface area (Å²) in [5.41, 5.74) is 1.38. The molecule has 0 N–H and O–H groups in total. The normalized spacial score (nSPS) is 11.8. The molecule has 0 aliphatic heterocycles. The van der Waals surface area contributed by atoms with Crippen molar-refractivity contribution >= 4 is 22.4 Å². The lowest BCUT2D eigenvalue weighted by atomic mass is 10.2. The SMILES string of the molecule is CCCOc1ccc(/C=c2/sc3nc(-c4ccccc4OC)nn3c2=O)cc1OCC. The Labute approximate surface area is 183 Å². The minimum Gasteiger partial charge on any atom is -0.496 e. The van der Waals surface area contributed by atoms with Crippen LogP contribution in [0.4, 0.5) is 0 Å². The number of rotatable bonds is 8. The number of hydrogen-bond donors (Lipinski definition) is 0. The Morgan fingerprint density at radius 1 is 1.06 bits per heavy atom. The number of para-hydroxylation sites is 1. The fourth-order valence-corrected chi connectivity index (χ4v) is 4.05. The van der Waals surface area contributed by atoms with Crippen LogP contribution >= 0.6 is 11.3 Å². The topological polar surface area (TPSA) is 75.0 Å². The molecule has 160 valence electrons. The molecule has 0 aliphatic carbocycles. The van der Waals surface area contributed by atoms with Crippen molar-refractivity contribution in [1.82, 2.24) is 14.6 Å². The van der Waals surface area contributed by atoms with Gasteiger partial charge < -0.3 is 14.2 Å². The minimum absolute atomic E-state index is 0.210. The van der Waals surface area contributed by atoms with Crippen LogP contribution in [0.1, 0.15) is 25.8 Å². The number of nitrogens with zero attached hydrogens (tertiary/aromatic N) is 3. The molecule has 0 amide bonds. The van der Waals surface area contributed by atoms with E-state index < -0.39 is 0 Å². The molecular weight excluding hydrogens is 414 g/mol. The lowest BCUT2D eigenvalue weighted by Crippen LogP contribution is -2.23. The summed E-state index contributed by atoms with van der Waals surface area (Å²) in [4.78, 5) is 18.0. The Hall–Kier alpha value is -3.39. The van der Waals surface area contributed by atoms with Crippen molar-refractivity contribution in [2.24, 2.45) is 0 Å². The Bertz CT molecular complexity index is 1310. The quantitative estimate of drug-likeness (QED) is 0.420. The molecule has 0 unspecified atom stereocenters. The molecule has 2 aromatic carbocycles. The van der Waals surface area contributed by atoms with Gasteiger partial charge in [0.1, 0.15) is 5.75 Å². The van der Waals surface area contributed by atoms with Gasteiger partial charge in [0.2, 0.25) is 4.96 Å². The van der Waals surface area contributed by atoms with E-state index in [1.54, 1.807) is 7.11 Å². The molecule has 0 saturated heterocycles. The maximum Gasteiger partial charge on any atom is 0.291 e. The Balaban J connectivity index is 1.72. The zero-order valence-corrected chi connectivity index (χ0v) is 18.4. The van der Waals surface area contributed by atoms with Gasteiger partial charge in [-0.05, 0) is 49.2 Å². The number of hydrogen-bond acceptors (Lipinski definition) is 7. The van der Waals surface area contributed by atoms with Gasteiger partial charge in [0, 0.05) is 0 Å². The van der Waals surface area contributed by atoms with Gasteiger partial charge in [0.15, 0.2) is 17.3 Å². The van der Waals surface area contributed by atoms with Gasteiger partial charge in [-0.2, -0.15) is 9.50 Å². The second-order valence-corrected chi connectivity index (χ2v) is 7.74. The van der Waals surface area contributed by atoms with Crippen molar-refractivity contribution in [3.8, 4) is 28.6 Å². The molecule has 8 heteroatoms. The van der Waals surface area contributed by atoms with Crippen LogP contribution in [0.3, 0.4) is 0 Å². The predicted molar refractivity (Wildman–Crippen MR) is 121 cm³/mol. The van der Waals surface area contributed by atoms with Gasteiger partial charge in [-0.25, -0.2) is 0 Å². The van der Waals surface area contributed by atoms with Gasteiger partial charge in [0.25, 0.3) is 5.56 Å². The molecule has 2 heterocycles. The third-order valence-corrected chi connectivity index (χ3v) is 5.52. The van der Waals surface area contributed by atoms with Crippen LogP contribution in [-0.4, -0.2) is 34.9 Å². The summed E-state index contributed by atoms with van der Waals surface area (Å²) in [6.07, 6.45) is 2.73. The van der Waals surface area contributed by atoms with E-state index in [1.165, 1.54) is 15.9 Å². The fraction of sp³-hybridized carbons (Fsp3) is 0.261. The zero-order valence-electron chi connectivity index (χ0n) is 17.6. The van der Waals surface area contributed by atoms with Crippen LogP contribution in [0.5, 0.6) is 17.2 Å². The molecule has 31 heavy (non-hydrogen) atoms. The number of methoxy groups -OCH3 is 1. The summed E-state index contributed by atoms with van der Waals surface area (Å²) in [6, 6.07) is 13.1. The van der Waals surface area contributed by atoms with E-state index in [2.05, 4.69) is 17.0 Å². The summed E-state index contributed by atoms with van der Waals surface area (Å²) in [7, 11) is 1.60. The van der Waals surface area contributed by atoms with Crippen molar-refractivity contribution in [2.75, 3.05) is 20.3 Å². The van der Waals surface area contributed by atoms with Crippen LogP contribution in [0.15, 0.2) is 47.3 Å². The van der Waals surface area contributed by atoms with E-state index in [0.29, 0.717) is 45.8 Å². The van der Waals surface area contributed by atoms with E-state index >= 15 is 0 Å². The van der Waals surface area contributed by atoms with Crippen LogP contribution in [0, 0.1) is 0 Å². The van der Waals surface area contributed by atoms with Crippen molar-refractivity contribution in [2.45, 2.75) is 20.3 Å². The number of aromatic nitrogens is 3. The van der Waals surface area contributed by atoms with Crippen LogP contribution < -0.4 is 24.3 Å². The van der Waals surface area contributed by atoms with Gasteiger partial charge in [0.05, 0.1) is 30.4 Å². The van der Waals surface area contributed by atoms with E-state index in [0.717, 1.165) is 17.5 Å². The first-order chi connectivity index (χ1) is 15.1. The smallest absolute Gasteiger partial charge is 0.291 e. The van der Waals surface area contributed by atoms with Crippen molar-refractivity contribution in [3.63, 3.8) is 0 Å². The maximum absolute atomic E-state index is 12.9. The van der Waals surface area contributed by atoms with Gasteiger partial charge in [-0.1, -0.05) is 36.5 Å². The van der Waals surface area contributed by atoms with Gasteiger partial charge in [-0.3, -0.25) is 4.79 Å². The van der Waals surface area contributed by atoms with Crippen molar-refractivity contribution in [3.05, 3.63) is 62.9 Å². The molecule has 0 fully saturated rings. The third kappa shape index (κ3) is 4.25. The molecule has 2 aromatic heterocycles. The molecule has 0 atom stereocenters. The Morgan fingerprint density at radius 3 is 2.65 bits per heavy atom. The first kappa shape index (κ1) is 20.9. The van der Waals surface area contributed by atoms with Gasteiger partial charge in [-0.15, -0.1) is 5.10 Å². The average molecular weight is 438 g/mol. The van der Waals surface area contributed by atoms with Crippen LogP contribution in [-0.2, 0) is 0 Å². The number of benzene rings is 2. The van der Waals surface area contributed by atoms with E-state index in [-0.39, 0.29) is 5.56 Å². The third-order valence-electron chi connectivity index (χ3n) is 4.56. The summed E-state index contributed by atoms with van der Waals surface area (Å²) in [6.45, 7) is 5.13. The van der Waals surface area contributed by atoms with E-state index in [1.807, 2.05) is 55.5 Å². The highest BCUT2D eigenvalue weighted by Gasteiger charge is 2.15. The average Bonchev–Trinajstić information content (AvgIpc) is 3.32. The Kier molecular flexibility index (Phi) is 6.18. The van der Waals surface area contributed by atoms with Crippen LogP contribution in [0.2, 0.25) is 0 Å². The zero-order chi connectivity index (χ0) is 21.8. The highest BCUT2D eigenvalue weighted by atomic mass is 32.1. The van der Waals surface area contributed by atoms with E-state index in [4.69, 9.17) is 14.2 Å². The standard InChI is InChI=1S/C23H23N3O4S/c1-4-12-30-18-11-10-15(13-19(18)29-5-2)14-20-22(27)26-23(31-20)24-21(25-26)16-8-6-7-9-17(16)28-3/h6-11,13-14H,4-5,12H2,1-3H3/b20-14+. The second kappa shape index (κ2) is 9.18. The summed E-state index contributed by atoms with van der Waals surface area (Å²) in [5, 5.41) is 4.41. The maximum atomic E-state index is 12.9. The molecule has 0 aliphatic rings. The molecule has 0 bridgehead atoms. The molecule has 7 nitrogen and oxygen atoms in total. The second-order valence-electron chi connectivity index (χ2n) is 6.73. The summed E-state index contributed by atoms with van der Waals surface area (Å²) >= 11 is 1.29. The first-order valence-electron chi connectivity index (χ1n) is 10.1. The van der Waals surface area contributed by atoms with Crippen molar-refractivity contribution < 1.29 is 14.2 Å². The molecule has 0 saturated carbocycles. The number of ether oxygens (including phenoxy) is 3. The predicted octanol–water partition coefficient (Wildman–Crippen LogP) is 3.56. The fourth-order valence-electron chi connectivity index (χ4n) is 3.14. The first-order valence-corrected chi connectivity index (χ1v) is 10.9. The molecular formula is C23H23N3O4S. The monoisotopic (exact) mass is 437 g/mol. The van der Waals surface area contributed by atoms with Crippen molar-refractivity contribution in [1.29, 1.82) is 0 Å². The minimum atomic E-state index is -0.210. The highest BCUT2D eigenvalue weighted by Crippen LogP contribution is 2.29. The van der Waals surface area contributed by atoms with E-state index in [9.17, 15) is 4.79 Å². The lowest BCUT2D eigenvalue weighted by Gasteiger charge is -2.11. The molecule has 0 spiro atoms. The lowest BCUT2D eigenvalue weighted by molar-refractivity contribution is 0.277. The van der Waals surface area contributed by atoms with Crippen LogP contribution in [0.25, 0.3) is 22.4 Å². The summed E-state index contributed by atoms with van der Waals surface area (Å²) in [5.74, 6) is 2.49. The summed E-state index contributed by atoms with van der Waals surface area (Å²) < 4.78 is 18.7. The number of thiazole rings is 1. The number of fused-ring (bicyclic) bond motifs is 1. The molecule has 4 rings (SSSR count). The molecule has 0 radical (unpaired) electrons.